The van der Waals surface area contributed by atoms with Crippen molar-refractivity contribution < 1.29 is 0 Å². The van der Waals surface area contributed by atoms with E-state index in [4.69, 9.17) is 0 Å². The molecule has 9 rings (SSSR count). The molecule has 0 bridgehead atoms. The molecule has 8 aromatic carbocycles. The molecule has 9 aromatic rings. The van der Waals surface area contributed by atoms with E-state index in [0.29, 0.717) is 0 Å². The minimum Gasteiger partial charge on any atom is -0.311 e. The molecule has 0 unspecified atom stereocenters. The molecule has 1 nitrogen and oxygen atoms in total. The fourth-order valence-corrected chi connectivity index (χ4v) is 8.20. The average molecular weight is 656 g/mol. The van der Waals surface area contributed by atoms with Crippen LogP contribution in [0.5, 0.6) is 0 Å². The van der Waals surface area contributed by atoms with Crippen LogP contribution in [0.4, 0.5) is 17.1 Å². The molecule has 0 aliphatic carbocycles. The Morgan fingerprint density at radius 2 is 0.720 bits per heavy atom. The highest BCUT2D eigenvalue weighted by Crippen LogP contribution is 2.41. The van der Waals surface area contributed by atoms with Crippen molar-refractivity contribution in [2.24, 2.45) is 0 Å². The van der Waals surface area contributed by atoms with E-state index in [2.05, 4.69) is 205 Å². The molecule has 0 aliphatic heterocycles. The lowest BCUT2D eigenvalue weighted by Gasteiger charge is -2.26. The van der Waals surface area contributed by atoms with E-state index in [0.717, 1.165) is 17.1 Å². The molecule has 0 radical (unpaired) electrons. The van der Waals surface area contributed by atoms with Gasteiger partial charge in [0.15, 0.2) is 0 Å². The third-order valence-corrected chi connectivity index (χ3v) is 10.7. The molecule has 0 amide bonds. The molecule has 236 valence electrons. The van der Waals surface area contributed by atoms with Gasteiger partial charge in [0.25, 0.3) is 0 Å². The smallest absolute Gasteiger partial charge is 0.0462 e. The summed E-state index contributed by atoms with van der Waals surface area (Å²) >= 11 is 1.88. The van der Waals surface area contributed by atoms with Crippen molar-refractivity contribution in [3.05, 3.63) is 200 Å². The monoisotopic (exact) mass is 655 g/mol. The van der Waals surface area contributed by atoms with Crippen molar-refractivity contribution in [1.29, 1.82) is 0 Å². The fraction of sp³-hybridized carbons (Fsp3) is 0. The number of hydrogen-bond donors (Lipinski definition) is 0. The van der Waals surface area contributed by atoms with Gasteiger partial charge in [-0.05, 0) is 93.0 Å². The van der Waals surface area contributed by atoms with Crippen LogP contribution in [-0.2, 0) is 0 Å². The number of thiophene rings is 1. The van der Waals surface area contributed by atoms with E-state index in [1.807, 2.05) is 11.3 Å². The predicted molar refractivity (Wildman–Crippen MR) is 216 cm³/mol. The normalized spacial score (nSPS) is 11.2. The van der Waals surface area contributed by atoms with Crippen LogP contribution >= 0.6 is 11.3 Å². The van der Waals surface area contributed by atoms with Crippen LogP contribution in [0.1, 0.15) is 0 Å². The summed E-state index contributed by atoms with van der Waals surface area (Å²) in [4.78, 5) is 2.34. The molecule has 0 spiro atoms. The summed E-state index contributed by atoms with van der Waals surface area (Å²) in [5, 5.41) is 2.65. The van der Waals surface area contributed by atoms with Crippen molar-refractivity contribution in [1.82, 2.24) is 0 Å². The first-order chi connectivity index (χ1) is 24.8. The van der Waals surface area contributed by atoms with Gasteiger partial charge < -0.3 is 4.90 Å². The molecular weight excluding hydrogens is 623 g/mol. The molecule has 1 heterocycles. The molecular formula is C48H33NS. The Balaban J connectivity index is 1.07. The number of anilines is 3. The third kappa shape index (κ3) is 5.66. The van der Waals surface area contributed by atoms with Gasteiger partial charge in [0, 0.05) is 37.2 Å². The highest BCUT2D eigenvalue weighted by Gasteiger charge is 2.15. The Labute approximate surface area is 297 Å². The fourth-order valence-electron chi connectivity index (χ4n) is 6.96. The van der Waals surface area contributed by atoms with E-state index in [-0.39, 0.29) is 0 Å². The van der Waals surface area contributed by atoms with Gasteiger partial charge >= 0.3 is 0 Å². The first-order valence-electron chi connectivity index (χ1n) is 17.0. The molecule has 50 heavy (non-hydrogen) atoms. The standard InChI is InChI=1S/C48H33NS/c1-3-11-34(12-4-1)36-21-27-41(28-22-36)49(42-29-23-37(24-30-42)35-13-5-2-6-14-35)43-31-25-38(26-32-43)39-15-9-16-40(33-39)44-18-10-19-46-45-17-7-8-20-47(45)50-48(44)46/h1-33H. The molecule has 0 saturated carbocycles. The topological polar surface area (TPSA) is 3.24 Å². The number of benzene rings is 8. The summed E-state index contributed by atoms with van der Waals surface area (Å²) in [6.07, 6.45) is 0. The van der Waals surface area contributed by atoms with E-state index in [1.54, 1.807) is 0 Å². The average Bonchev–Trinajstić information content (AvgIpc) is 3.59. The zero-order valence-electron chi connectivity index (χ0n) is 27.4. The van der Waals surface area contributed by atoms with Crippen molar-refractivity contribution in [2.45, 2.75) is 0 Å². The molecule has 0 saturated heterocycles. The quantitative estimate of drug-likeness (QED) is 0.165. The SMILES string of the molecule is c1ccc(-c2ccc(N(c3ccc(-c4ccccc4)cc3)c3ccc(-c4cccc(-c5cccc6c5sc5ccccc56)c4)cc3)cc2)cc1. The van der Waals surface area contributed by atoms with Crippen molar-refractivity contribution in [3.63, 3.8) is 0 Å². The molecule has 0 N–H and O–H groups in total. The van der Waals surface area contributed by atoms with E-state index in [1.165, 1.54) is 64.7 Å². The molecule has 0 atom stereocenters. The highest BCUT2D eigenvalue weighted by molar-refractivity contribution is 7.26. The Hall–Kier alpha value is -6.22. The van der Waals surface area contributed by atoms with Gasteiger partial charge in [0.1, 0.15) is 0 Å². The second kappa shape index (κ2) is 13.0. The largest absolute Gasteiger partial charge is 0.311 e. The maximum absolute atomic E-state index is 2.34. The lowest BCUT2D eigenvalue weighted by atomic mass is 9.97. The Kier molecular flexibility index (Phi) is 7.77. The number of hydrogen-bond acceptors (Lipinski definition) is 2. The van der Waals surface area contributed by atoms with Crippen molar-refractivity contribution in [2.75, 3.05) is 4.90 Å². The summed E-state index contributed by atoms with van der Waals surface area (Å²) in [5.74, 6) is 0. The van der Waals surface area contributed by atoms with Gasteiger partial charge in [0.05, 0.1) is 0 Å². The van der Waals surface area contributed by atoms with Gasteiger partial charge in [-0.15, -0.1) is 11.3 Å². The summed E-state index contributed by atoms with van der Waals surface area (Å²) in [5.41, 5.74) is 13.1. The van der Waals surface area contributed by atoms with Crippen LogP contribution in [0.2, 0.25) is 0 Å². The van der Waals surface area contributed by atoms with Crippen LogP contribution in [0.25, 0.3) is 64.7 Å². The number of rotatable bonds is 7. The van der Waals surface area contributed by atoms with E-state index in [9.17, 15) is 0 Å². The lowest BCUT2D eigenvalue weighted by molar-refractivity contribution is 1.28. The van der Waals surface area contributed by atoms with Gasteiger partial charge in [-0.2, -0.15) is 0 Å². The Morgan fingerprint density at radius 3 is 1.30 bits per heavy atom. The molecule has 1 aromatic heterocycles. The Morgan fingerprint density at radius 1 is 0.300 bits per heavy atom. The highest BCUT2D eigenvalue weighted by atomic mass is 32.1. The zero-order chi connectivity index (χ0) is 33.3. The molecule has 0 aliphatic rings. The zero-order valence-corrected chi connectivity index (χ0v) is 28.2. The first kappa shape index (κ1) is 29.9. The lowest BCUT2D eigenvalue weighted by Crippen LogP contribution is -2.09. The Bertz CT molecular complexity index is 2470. The van der Waals surface area contributed by atoms with Crippen LogP contribution in [-0.4, -0.2) is 0 Å². The van der Waals surface area contributed by atoms with Crippen LogP contribution in [0.3, 0.4) is 0 Å². The van der Waals surface area contributed by atoms with Gasteiger partial charge in [0.2, 0.25) is 0 Å². The number of nitrogens with zero attached hydrogens (tertiary/aromatic N) is 1. The van der Waals surface area contributed by atoms with Crippen molar-refractivity contribution >= 4 is 48.6 Å². The van der Waals surface area contributed by atoms with Crippen LogP contribution < -0.4 is 4.90 Å². The summed E-state index contributed by atoms with van der Waals surface area (Å²) < 4.78 is 2.67. The second-order valence-corrected chi connectivity index (χ2v) is 13.6. The number of fused-ring (bicyclic) bond motifs is 3. The maximum Gasteiger partial charge on any atom is 0.0462 e. The van der Waals surface area contributed by atoms with Crippen LogP contribution in [0.15, 0.2) is 200 Å². The minimum absolute atomic E-state index is 1.11. The van der Waals surface area contributed by atoms with Crippen LogP contribution in [0, 0.1) is 0 Å². The van der Waals surface area contributed by atoms with E-state index >= 15 is 0 Å². The van der Waals surface area contributed by atoms with E-state index < -0.39 is 0 Å². The summed E-state index contributed by atoms with van der Waals surface area (Å²) in [6, 6.07) is 72.2. The van der Waals surface area contributed by atoms with Crippen molar-refractivity contribution in [3.8, 4) is 44.5 Å². The van der Waals surface area contributed by atoms with Gasteiger partial charge in [-0.1, -0.05) is 152 Å². The minimum atomic E-state index is 1.11. The summed E-state index contributed by atoms with van der Waals surface area (Å²) in [6.45, 7) is 0. The third-order valence-electron chi connectivity index (χ3n) is 9.50. The molecule has 2 heteroatoms. The van der Waals surface area contributed by atoms with Gasteiger partial charge in [-0.3, -0.25) is 0 Å². The molecule has 0 fully saturated rings. The second-order valence-electron chi connectivity index (χ2n) is 12.6. The summed E-state index contributed by atoms with van der Waals surface area (Å²) in [7, 11) is 0. The maximum atomic E-state index is 2.34. The predicted octanol–water partition coefficient (Wildman–Crippen LogP) is 14.2. The van der Waals surface area contributed by atoms with Gasteiger partial charge in [-0.25, -0.2) is 0 Å². The first-order valence-corrected chi connectivity index (χ1v) is 17.8.